The van der Waals surface area contributed by atoms with E-state index < -0.39 is 17.1 Å². The summed E-state index contributed by atoms with van der Waals surface area (Å²) in [5.41, 5.74) is -1.64. The highest BCUT2D eigenvalue weighted by Gasteiger charge is 2.78. The number of nitrogens with one attached hydrogen (secondary N) is 1. The Kier molecular flexibility index (Phi) is 6.01. The molecule has 2 heterocycles. The second-order valence-corrected chi connectivity index (χ2v) is 11.9. The summed E-state index contributed by atoms with van der Waals surface area (Å²) in [4.78, 5) is 28.4. The smallest absolute Gasteiger partial charge is 0.235 e. The van der Waals surface area contributed by atoms with Crippen LogP contribution in [0.1, 0.15) is 52.5 Å². The molecular weight excluding hydrogens is 442 g/mol. The van der Waals surface area contributed by atoms with Gasteiger partial charge in [0.25, 0.3) is 0 Å². The van der Waals surface area contributed by atoms with Crippen LogP contribution in [0.5, 0.6) is 0 Å². The standard InChI is InChI=1S/C29H39NO5/c1-17-10-9-13-20-25-28(4,35-25)18(2)24-21(14-19-11-7-6-8-12-19)30-26(32)29(20,24)22(31)15-23(34-5)27(3,33)16-17/h6-9,11-13,17-18,20-21,23-25,33H,10,14-16H2,1-5H3,(H,30,32). The SMILES string of the molecule is COC1CC(=O)C23C(=O)NC(Cc4ccccc4)C2C(C)C2(C)OC2C3C=CCC(C)CC1(C)O. The van der Waals surface area contributed by atoms with Crippen molar-refractivity contribution >= 4 is 11.7 Å². The van der Waals surface area contributed by atoms with Gasteiger partial charge in [0.05, 0.1) is 23.4 Å². The molecule has 6 nitrogen and oxygen atoms in total. The van der Waals surface area contributed by atoms with Crippen molar-refractivity contribution in [3.8, 4) is 0 Å². The molecule has 1 aromatic rings. The van der Waals surface area contributed by atoms with Crippen molar-refractivity contribution in [2.45, 2.75) is 82.8 Å². The average Bonchev–Trinajstić information content (AvgIpc) is 3.42. The van der Waals surface area contributed by atoms with E-state index in [2.05, 4.69) is 50.4 Å². The van der Waals surface area contributed by atoms with Gasteiger partial charge < -0.3 is 19.9 Å². The van der Waals surface area contributed by atoms with E-state index in [0.717, 1.165) is 12.0 Å². The number of amides is 1. The van der Waals surface area contributed by atoms with Gasteiger partial charge in [-0.1, -0.05) is 56.3 Å². The zero-order valence-corrected chi connectivity index (χ0v) is 21.5. The Labute approximate surface area is 208 Å². The van der Waals surface area contributed by atoms with Gasteiger partial charge in [-0.25, -0.2) is 0 Å². The third kappa shape index (κ3) is 3.71. The normalized spacial score (nSPS) is 47.2. The minimum atomic E-state index is -1.24. The fourth-order valence-electron chi connectivity index (χ4n) is 7.66. The molecule has 1 aromatic carbocycles. The summed E-state index contributed by atoms with van der Waals surface area (Å²) in [7, 11) is 1.54. The fourth-order valence-corrected chi connectivity index (χ4v) is 7.66. The average molecular weight is 482 g/mol. The van der Waals surface area contributed by atoms with Crippen molar-refractivity contribution in [1.82, 2.24) is 5.32 Å². The van der Waals surface area contributed by atoms with E-state index in [9.17, 15) is 14.7 Å². The molecule has 0 radical (unpaired) electrons. The Morgan fingerprint density at radius 1 is 1.17 bits per heavy atom. The summed E-state index contributed by atoms with van der Waals surface area (Å²) in [6.45, 7) is 8.11. The lowest BCUT2D eigenvalue weighted by atomic mass is 9.51. The van der Waals surface area contributed by atoms with Crippen LogP contribution in [-0.2, 0) is 25.5 Å². The first kappa shape index (κ1) is 24.7. The van der Waals surface area contributed by atoms with E-state index in [1.807, 2.05) is 18.2 Å². The van der Waals surface area contributed by atoms with Gasteiger partial charge in [-0.15, -0.1) is 0 Å². The minimum Gasteiger partial charge on any atom is -0.387 e. The molecule has 2 N–H and O–H groups in total. The number of Topliss-reactive ketones (excluding diaryl/α,β-unsaturated/α-hetero) is 1. The molecule has 5 rings (SSSR count). The van der Waals surface area contributed by atoms with Crippen LogP contribution in [0.2, 0.25) is 0 Å². The molecular formula is C29H39NO5. The number of allylic oxidation sites excluding steroid dienone is 1. The summed E-state index contributed by atoms with van der Waals surface area (Å²) in [6.07, 6.45) is 5.25. The van der Waals surface area contributed by atoms with Crippen molar-refractivity contribution in [3.63, 3.8) is 0 Å². The Balaban J connectivity index is 1.62. The van der Waals surface area contributed by atoms with E-state index in [1.54, 1.807) is 14.0 Å². The zero-order valence-electron chi connectivity index (χ0n) is 21.5. The number of methoxy groups -OCH3 is 1. The van der Waals surface area contributed by atoms with Crippen molar-refractivity contribution in [3.05, 3.63) is 48.0 Å². The van der Waals surface area contributed by atoms with Crippen LogP contribution in [0.3, 0.4) is 0 Å². The Bertz CT molecular complexity index is 1020. The maximum atomic E-state index is 14.4. The van der Waals surface area contributed by atoms with Crippen LogP contribution in [0.4, 0.5) is 0 Å². The molecule has 0 aromatic heterocycles. The van der Waals surface area contributed by atoms with E-state index in [-0.39, 0.29) is 59.5 Å². The van der Waals surface area contributed by atoms with Crippen LogP contribution in [0.15, 0.2) is 42.5 Å². The molecule has 1 amide bonds. The largest absolute Gasteiger partial charge is 0.387 e. The quantitative estimate of drug-likeness (QED) is 0.392. The highest BCUT2D eigenvalue weighted by molar-refractivity contribution is 6.09. The van der Waals surface area contributed by atoms with Gasteiger partial charge in [0, 0.05) is 31.4 Å². The summed E-state index contributed by atoms with van der Waals surface area (Å²) in [6, 6.07) is 9.95. The highest BCUT2D eigenvalue weighted by atomic mass is 16.6. The molecule has 2 aliphatic carbocycles. The number of hydrogen-bond donors (Lipinski definition) is 2. The van der Waals surface area contributed by atoms with Crippen molar-refractivity contribution in [2.24, 2.45) is 29.1 Å². The van der Waals surface area contributed by atoms with Crippen LogP contribution in [0.25, 0.3) is 0 Å². The maximum Gasteiger partial charge on any atom is 0.235 e. The Hall–Kier alpha value is -2.02. The number of epoxide rings is 1. The predicted molar refractivity (Wildman–Crippen MR) is 133 cm³/mol. The molecule has 35 heavy (non-hydrogen) atoms. The second-order valence-electron chi connectivity index (χ2n) is 11.9. The van der Waals surface area contributed by atoms with E-state index in [4.69, 9.17) is 9.47 Å². The Morgan fingerprint density at radius 2 is 1.89 bits per heavy atom. The molecule has 2 saturated heterocycles. The van der Waals surface area contributed by atoms with Crippen molar-refractivity contribution in [1.29, 1.82) is 0 Å². The van der Waals surface area contributed by atoms with Crippen LogP contribution in [0, 0.1) is 29.1 Å². The van der Waals surface area contributed by atoms with E-state index in [1.165, 1.54) is 0 Å². The molecule has 6 heteroatoms. The lowest BCUT2D eigenvalue weighted by molar-refractivity contribution is -0.155. The van der Waals surface area contributed by atoms with Gasteiger partial charge >= 0.3 is 0 Å². The van der Waals surface area contributed by atoms with Gasteiger partial charge in [-0.05, 0) is 50.5 Å². The maximum absolute atomic E-state index is 14.4. The molecule has 190 valence electrons. The van der Waals surface area contributed by atoms with Gasteiger partial charge in [-0.3, -0.25) is 9.59 Å². The number of fused-ring (bicyclic) bond motifs is 2. The molecule has 10 unspecified atom stereocenters. The number of ketones is 1. The third-order valence-corrected chi connectivity index (χ3v) is 9.59. The first-order valence-electron chi connectivity index (χ1n) is 13.0. The van der Waals surface area contributed by atoms with Crippen LogP contribution >= 0.6 is 0 Å². The number of carbonyl (C=O) groups excluding carboxylic acids is 2. The molecule has 3 fully saturated rings. The van der Waals surface area contributed by atoms with E-state index >= 15 is 0 Å². The molecule has 1 spiro atoms. The topological polar surface area (TPSA) is 88.2 Å². The predicted octanol–water partition coefficient (Wildman–Crippen LogP) is 3.46. The van der Waals surface area contributed by atoms with Crippen molar-refractivity contribution in [2.75, 3.05) is 7.11 Å². The monoisotopic (exact) mass is 481 g/mol. The fraction of sp³-hybridized carbons (Fsp3) is 0.655. The van der Waals surface area contributed by atoms with Gasteiger partial charge in [0.2, 0.25) is 5.91 Å². The van der Waals surface area contributed by atoms with E-state index in [0.29, 0.717) is 12.8 Å². The van der Waals surface area contributed by atoms with Crippen LogP contribution < -0.4 is 5.32 Å². The first-order chi connectivity index (χ1) is 16.6. The lowest BCUT2D eigenvalue weighted by Gasteiger charge is -2.46. The second kappa shape index (κ2) is 8.53. The van der Waals surface area contributed by atoms with Gasteiger partial charge in [0.1, 0.15) is 5.41 Å². The molecule has 2 aliphatic heterocycles. The minimum absolute atomic E-state index is 0.00130. The third-order valence-electron chi connectivity index (χ3n) is 9.59. The molecule has 4 aliphatic rings. The molecule has 1 saturated carbocycles. The summed E-state index contributed by atoms with van der Waals surface area (Å²) in [5.74, 6) is -0.683. The molecule has 10 atom stereocenters. The van der Waals surface area contributed by atoms with Gasteiger partial charge in [0.15, 0.2) is 5.78 Å². The number of aliphatic hydroxyl groups is 1. The highest BCUT2D eigenvalue weighted by Crippen LogP contribution is 2.66. The Morgan fingerprint density at radius 3 is 2.57 bits per heavy atom. The lowest BCUT2D eigenvalue weighted by Crippen LogP contribution is -2.59. The summed E-state index contributed by atoms with van der Waals surface area (Å²) in [5, 5.41) is 14.6. The number of rotatable bonds is 3. The zero-order chi connectivity index (χ0) is 25.2. The van der Waals surface area contributed by atoms with Gasteiger partial charge in [-0.2, -0.15) is 0 Å². The number of carbonyl (C=O) groups is 2. The number of ether oxygens (including phenoxy) is 2. The summed E-state index contributed by atoms with van der Waals surface area (Å²) >= 11 is 0. The van der Waals surface area contributed by atoms with Crippen molar-refractivity contribution < 1.29 is 24.2 Å². The van der Waals surface area contributed by atoms with Crippen LogP contribution in [-0.4, -0.2) is 53.4 Å². The first-order valence-corrected chi connectivity index (χ1v) is 13.0. The number of hydrogen-bond acceptors (Lipinski definition) is 5. The molecule has 0 bridgehead atoms. The number of benzene rings is 1. The summed E-state index contributed by atoms with van der Waals surface area (Å²) < 4.78 is 12.0.